The van der Waals surface area contributed by atoms with E-state index >= 15 is 0 Å². The number of amides is 2. The van der Waals surface area contributed by atoms with Gasteiger partial charge in [-0.25, -0.2) is 12.8 Å². The Hall–Kier alpha value is -3.92. The van der Waals surface area contributed by atoms with Crippen LogP contribution in [0.5, 0.6) is 5.75 Å². The van der Waals surface area contributed by atoms with E-state index in [1.165, 1.54) is 41.3 Å². The van der Waals surface area contributed by atoms with Crippen molar-refractivity contribution in [1.29, 1.82) is 0 Å². The molecule has 3 aromatic carbocycles. The summed E-state index contributed by atoms with van der Waals surface area (Å²) in [7, 11) is -4.26. The molecule has 0 fully saturated rings. The van der Waals surface area contributed by atoms with Gasteiger partial charge >= 0.3 is 0 Å². The molecule has 0 aliphatic carbocycles. The predicted octanol–water partition coefficient (Wildman–Crippen LogP) is 5.06. The molecule has 0 bridgehead atoms. The van der Waals surface area contributed by atoms with Crippen molar-refractivity contribution in [3.63, 3.8) is 0 Å². The molecule has 41 heavy (non-hydrogen) atoms. The van der Waals surface area contributed by atoms with Gasteiger partial charge in [0.2, 0.25) is 11.8 Å². The molecule has 1 N–H and O–H groups in total. The van der Waals surface area contributed by atoms with Crippen LogP contribution >= 0.6 is 0 Å². The van der Waals surface area contributed by atoms with Crippen LogP contribution in [-0.2, 0) is 26.2 Å². The van der Waals surface area contributed by atoms with Crippen molar-refractivity contribution in [3.05, 3.63) is 89.7 Å². The number of benzene rings is 3. The van der Waals surface area contributed by atoms with Gasteiger partial charge in [0.1, 0.15) is 24.2 Å². The maximum absolute atomic E-state index is 13.9. The molecule has 0 spiro atoms. The fraction of sp³-hybridized carbons (Fsp3) is 0.355. The zero-order valence-corrected chi connectivity index (χ0v) is 24.8. The van der Waals surface area contributed by atoms with Crippen molar-refractivity contribution in [1.82, 2.24) is 10.2 Å². The van der Waals surface area contributed by atoms with E-state index < -0.39 is 34.3 Å². The zero-order chi connectivity index (χ0) is 30.0. The number of hydrogen-bond donors (Lipinski definition) is 1. The molecule has 0 saturated heterocycles. The molecule has 0 unspecified atom stereocenters. The summed E-state index contributed by atoms with van der Waals surface area (Å²) >= 11 is 0. The summed E-state index contributed by atoms with van der Waals surface area (Å²) in [6.45, 7) is 7.77. The molecule has 8 nitrogen and oxygen atoms in total. The summed E-state index contributed by atoms with van der Waals surface area (Å²) in [5.74, 6) is -0.950. The van der Waals surface area contributed by atoms with Crippen LogP contribution in [0.3, 0.4) is 0 Å². The molecule has 220 valence electrons. The van der Waals surface area contributed by atoms with E-state index in [0.29, 0.717) is 18.9 Å². The molecule has 0 radical (unpaired) electrons. The normalized spacial score (nSPS) is 11.9. The highest BCUT2D eigenvalue weighted by molar-refractivity contribution is 7.92. The third-order valence-corrected chi connectivity index (χ3v) is 8.50. The van der Waals surface area contributed by atoms with E-state index in [0.717, 1.165) is 40.4 Å². The topological polar surface area (TPSA) is 96.0 Å². The van der Waals surface area contributed by atoms with Crippen molar-refractivity contribution in [2.24, 2.45) is 0 Å². The molecule has 0 heterocycles. The van der Waals surface area contributed by atoms with Crippen LogP contribution in [0.2, 0.25) is 0 Å². The number of carbonyl (C=O) groups is 2. The Morgan fingerprint density at radius 1 is 0.976 bits per heavy atom. The molecule has 0 aliphatic heterocycles. The average molecular weight is 584 g/mol. The van der Waals surface area contributed by atoms with Crippen LogP contribution < -0.4 is 14.4 Å². The molecule has 3 aromatic rings. The SMILES string of the molecule is CCCCNC(=O)[C@@H](C)N(Cc1ccccc1C)C(=O)CN(c1ccc(F)cc1)S(=O)(=O)c1ccc(OCC)cc1. The second kappa shape index (κ2) is 14.6. The van der Waals surface area contributed by atoms with Crippen LogP contribution in [0.15, 0.2) is 77.7 Å². The Kier molecular flexibility index (Phi) is 11.3. The molecule has 1 atom stereocenters. The third-order valence-electron chi connectivity index (χ3n) is 6.72. The number of nitrogens with zero attached hydrogens (tertiary/aromatic N) is 2. The molecule has 0 aromatic heterocycles. The minimum absolute atomic E-state index is 0.0612. The Bertz CT molecular complexity index is 1410. The van der Waals surface area contributed by atoms with Gasteiger partial charge in [0.15, 0.2) is 0 Å². The molecule has 10 heteroatoms. The van der Waals surface area contributed by atoms with Gasteiger partial charge in [-0.1, -0.05) is 37.6 Å². The molecular formula is C31H38FN3O5S. The van der Waals surface area contributed by atoms with Gasteiger partial charge in [-0.15, -0.1) is 0 Å². The second-order valence-electron chi connectivity index (χ2n) is 9.66. The van der Waals surface area contributed by atoms with E-state index in [4.69, 9.17) is 4.74 Å². The van der Waals surface area contributed by atoms with Gasteiger partial charge in [-0.3, -0.25) is 13.9 Å². The second-order valence-corrected chi connectivity index (χ2v) is 11.5. The average Bonchev–Trinajstić information content (AvgIpc) is 2.96. The van der Waals surface area contributed by atoms with Crippen LogP contribution in [0.1, 0.15) is 44.7 Å². The maximum atomic E-state index is 13.9. The highest BCUT2D eigenvalue weighted by Gasteiger charge is 2.32. The molecule has 3 rings (SSSR count). The number of hydrogen-bond acceptors (Lipinski definition) is 5. The number of unbranched alkanes of at least 4 members (excludes halogenated alkanes) is 1. The fourth-order valence-corrected chi connectivity index (χ4v) is 5.64. The number of ether oxygens (including phenoxy) is 1. The van der Waals surface area contributed by atoms with E-state index in [1.54, 1.807) is 6.92 Å². The monoisotopic (exact) mass is 583 g/mol. The summed E-state index contributed by atoms with van der Waals surface area (Å²) in [6, 6.07) is 17.4. The number of nitrogens with one attached hydrogen (secondary N) is 1. The Labute approximate surface area is 242 Å². The van der Waals surface area contributed by atoms with Crippen LogP contribution in [0, 0.1) is 12.7 Å². The number of sulfonamides is 1. The Morgan fingerprint density at radius 3 is 2.24 bits per heavy atom. The van der Waals surface area contributed by atoms with Crippen molar-refractivity contribution >= 4 is 27.5 Å². The first-order valence-electron chi connectivity index (χ1n) is 13.7. The summed E-state index contributed by atoms with van der Waals surface area (Å²) in [4.78, 5) is 28.3. The minimum atomic E-state index is -4.26. The summed E-state index contributed by atoms with van der Waals surface area (Å²) in [5.41, 5.74) is 1.88. The number of anilines is 1. The lowest BCUT2D eigenvalue weighted by Crippen LogP contribution is -2.51. The van der Waals surface area contributed by atoms with Crippen molar-refractivity contribution in [2.75, 3.05) is 24.0 Å². The van der Waals surface area contributed by atoms with E-state index in [1.807, 2.05) is 45.0 Å². The standard InChI is InChI=1S/C31H38FN3O5S/c1-5-7-20-33-31(37)24(4)34(21-25-11-9-8-10-23(25)3)30(36)22-35(27-14-12-26(32)13-15-27)41(38,39)29-18-16-28(17-19-29)40-6-2/h8-19,24H,5-7,20-22H2,1-4H3,(H,33,37)/t24-/m1/s1. The Balaban J connectivity index is 2.00. The van der Waals surface area contributed by atoms with Gasteiger partial charge in [0.05, 0.1) is 17.2 Å². The van der Waals surface area contributed by atoms with E-state index in [9.17, 15) is 22.4 Å². The van der Waals surface area contributed by atoms with Gasteiger partial charge in [0.25, 0.3) is 10.0 Å². The number of aryl methyl sites for hydroxylation is 1. The minimum Gasteiger partial charge on any atom is -0.494 e. The maximum Gasteiger partial charge on any atom is 0.264 e. The van der Waals surface area contributed by atoms with Crippen molar-refractivity contribution in [3.8, 4) is 5.75 Å². The molecule has 0 saturated carbocycles. The van der Waals surface area contributed by atoms with Crippen LogP contribution in [0.4, 0.5) is 10.1 Å². The van der Waals surface area contributed by atoms with Crippen molar-refractivity contribution < 1.29 is 27.1 Å². The lowest BCUT2D eigenvalue weighted by atomic mass is 10.1. The molecular weight excluding hydrogens is 545 g/mol. The van der Waals surface area contributed by atoms with E-state index in [2.05, 4.69) is 5.32 Å². The quantitative estimate of drug-likeness (QED) is 0.268. The zero-order valence-electron chi connectivity index (χ0n) is 24.0. The van der Waals surface area contributed by atoms with E-state index in [-0.39, 0.29) is 23.0 Å². The third kappa shape index (κ3) is 8.29. The van der Waals surface area contributed by atoms with Gasteiger partial charge in [0, 0.05) is 13.1 Å². The van der Waals surface area contributed by atoms with Gasteiger partial charge in [-0.05, 0) is 86.8 Å². The smallest absolute Gasteiger partial charge is 0.264 e. The summed E-state index contributed by atoms with van der Waals surface area (Å²) in [6.07, 6.45) is 1.69. The number of halogens is 1. The Morgan fingerprint density at radius 2 is 1.63 bits per heavy atom. The van der Waals surface area contributed by atoms with Crippen LogP contribution in [0.25, 0.3) is 0 Å². The largest absolute Gasteiger partial charge is 0.494 e. The predicted molar refractivity (Wildman–Crippen MR) is 158 cm³/mol. The highest BCUT2D eigenvalue weighted by atomic mass is 32.2. The lowest BCUT2D eigenvalue weighted by molar-refractivity contribution is -0.139. The van der Waals surface area contributed by atoms with Crippen molar-refractivity contribution in [2.45, 2.75) is 58.0 Å². The lowest BCUT2D eigenvalue weighted by Gasteiger charge is -2.32. The van der Waals surface area contributed by atoms with Gasteiger partial charge < -0.3 is 15.0 Å². The first-order valence-corrected chi connectivity index (χ1v) is 15.1. The highest BCUT2D eigenvalue weighted by Crippen LogP contribution is 2.26. The summed E-state index contributed by atoms with van der Waals surface area (Å²) in [5, 5.41) is 2.86. The van der Waals surface area contributed by atoms with Crippen LogP contribution in [-0.4, -0.2) is 50.9 Å². The fourth-order valence-electron chi connectivity index (χ4n) is 4.23. The molecule has 2 amide bonds. The number of carbonyl (C=O) groups excluding carboxylic acids is 2. The summed E-state index contributed by atoms with van der Waals surface area (Å²) < 4.78 is 47.9. The first kappa shape index (κ1) is 31.6. The number of rotatable bonds is 14. The molecule has 0 aliphatic rings. The first-order chi connectivity index (χ1) is 19.6. The van der Waals surface area contributed by atoms with Gasteiger partial charge in [-0.2, -0.15) is 0 Å².